The van der Waals surface area contributed by atoms with Crippen LogP contribution in [0.5, 0.6) is 0 Å². The third kappa shape index (κ3) is 73.1. The molecule has 0 aromatic heterocycles. The Balaban J connectivity index is -0.0000000111. The van der Waals surface area contributed by atoms with E-state index in [4.69, 9.17) is 12.9 Å². The van der Waals surface area contributed by atoms with Gasteiger partial charge in [-0.3, -0.25) is 0 Å². The van der Waals surface area contributed by atoms with E-state index in [1.807, 2.05) is 0 Å². The summed E-state index contributed by atoms with van der Waals surface area (Å²) in [5.74, 6) is 0. The van der Waals surface area contributed by atoms with Crippen molar-refractivity contribution in [1.82, 2.24) is 0 Å². The number of hydrogen-bond acceptors (Lipinski definition) is 6. The Kier molecular flexibility index (Phi) is 208. The zero-order valence-corrected chi connectivity index (χ0v) is 17.1. The molecule has 0 bridgehead atoms. The second-order valence-electron chi connectivity index (χ2n) is 0.316. The Morgan fingerprint density at radius 3 is 1.36 bits per heavy atom. The molecule has 0 saturated heterocycles. The van der Waals surface area contributed by atoms with Crippen molar-refractivity contribution in [1.29, 1.82) is 0 Å². The van der Waals surface area contributed by atoms with Crippen molar-refractivity contribution in [3.05, 3.63) is 0 Å². The number of hydrogen-bond donors (Lipinski definition) is 0. The Morgan fingerprint density at radius 1 is 1.00 bits per heavy atom. The molecule has 0 aliphatic carbocycles. The van der Waals surface area contributed by atoms with E-state index in [1.165, 1.54) is 32.4 Å². The van der Waals surface area contributed by atoms with Gasteiger partial charge >= 0.3 is 86.2 Å². The summed E-state index contributed by atoms with van der Waals surface area (Å²) < 4.78 is 20.1. The molecule has 2 N–H and O–H groups in total. The zero-order chi connectivity index (χ0) is 8.83. The van der Waals surface area contributed by atoms with E-state index >= 15 is 0 Å². The fourth-order valence-corrected chi connectivity index (χ4v) is 0.0620. The Bertz CT molecular complexity index is 48.7. The van der Waals surface area contributed by atoms with Gasteiger partial charge in [0.1, 0.15) is 5.04 Å². The molecular weight excluding hydrogens is 329 g/mol. The molecule has 0 unspecified atom stereocenters. The molecule has 0 spiro atoms. The van der Waals surface area contributed by atoms with Gasteiger partial charge in [0.15, 0.2) is 0 Å². The topological polar surface area (TPSA) is 94.0 Å². The van der Waals surface area contributed by atoms with Crippen molar-refractivity contribution in [3.63, 3.8) is 0 Å². The molecule has 0 aromatic carbocycles. The first-order chi connectivity index (χ1) is 4.91. The van der Waals surface area contributed by atoms with E-state index in [0.717, 1.165) is 0 Å². The zero-order valence-electron chi connectivity index (χ0n) is 7.56. The van der Waals surface area contributed by atoms with Crippen molar-refractivity contribution in [2.75, 3.05) is 0 Å². The summed E-state index contributed by atoms with van der Waals surface area (Å²) >= 11 is 4.05. The van der Waals surface area contributed by atoms with Gasteiger partial charge in [0.2, 0.25) is 0 Å². The van der Waals surface area contributed by atoms with Crippen LogP contribution in [0.4, 0.5) is 0 Å². The summed E-state index contributed by atoms with van der Waals surface area (Å²) in [6.07, 6.45) is 0. The maximum atomic E-state index is 8.17. The van der Waals surface area contributed by atoms with Crippen LogP contribution in [-0.2, 0) is 43.7 Å². The summed E-state index contributed by atoms with van der Waals surface area (Å²) in [5.41, 5.74) is 0. The van der Waals surface area contributed by atoms with Gasteiger partial charge in [-0.1, -0.05) is 5.04 Å². The first-order valence-corrected chi connectivity index (χ1v) is 2.83. The average Bonchev–Trinajstić information content (AvgIpc) is 2.08. The maximum absolute atomic E-state index is 8.17. The van der Waals surface area contributed by atoms with Gasteiger partial charge in [0, 0.05) is 69.0 Å². The Labute approximate surface area is 171 Å². The van der Waals surface area contributed by atoms with Crippen LogP contribution in [0.15, 0.2) is 0 Å². The molecule has 0 fully saturated rings. The van der Waals surface area contributed by atoms with Crippen molar-refractivity contribution < 1.29 is 78.5 Å². The minimum absolute atomic E-state index is 0. The van der Waals surface area contributed by atoms with E-state index in [2.05, 4.69) is 19.1 Å². The van der Waals surface area contributed by atoms with Crippen LogP contribution in [-0.4, -0.2) is 101 Å². The van der Waals surface area contributed by atoms with E-state index in [1.54, 1.807) is 16.6 Å². The molecular formula is H2Al4CuNa2O7+2. The third-order valence-electron chi connectivity index (χ3n) is 0.101. The van der Waals surface area contributed by atoms with Crippen molar-refractivity contribution in [2.24, 2.45) is 0 Å². The standard InChI is InChI=1S/4Al.Cu.2Na.H2O5.2O/c;;;;;;;1-3-5-4-2;;/h;;;;;;;1-2H;;/q;;;+1;;;+1;;;. The SMILES string of the molecule is [Al].[Cu].[Na+].[Na].[OH2+]OOO[O][Al].[O]=[Al].[O]=[Al]. The first kappa shape index (κ1) is 43.0. The molecule has 0 rings (SSSR count). The molecule has 0 saturated carbocycles. The molecule has 9 radical (unpaired) electrons. The normalized spacial score (nSPS) is 4.21. The Morgan fingerprint density at radius 2 is 1.29 bits per heavy atom. The quantitative estimate of drug-likeness (QED) is 0.168. The molecule has 0 aromatic rings. The van der Waals surface area contributed by atoms with Gasteiger partial charge in [-0.2, -0.15) is 0 Å². The molecule has 7 nitrogen and oxygen atoms in total. The van der Waals surface area contributed by atoms with Gasteiger partial charge in [0.25, 0.3) is 0 Å². The Hall–Kier alpha value is 4.05. The molecule has 67 valence electrons. The number of rotatable bonds is 3. The van der Waals surface area contributed by atoms with Crippen LogP contribution in [0.1, 0.15) is 0 Å². The summed E-state index contributed by atoms with van der Waals surface area (Å²) in [4.78, 5) is 0. The van der Waals surface area contributed by atoms with E-state index in [9.17, 15) is 0 Å². The molecule has 14 heteroatoms. The van der Waals surface area contributed by atoms with Gasteiger partial charge in [-0.15, -0.1) is 0 Å². The third-order valence-corrected chi connectivity index (χ3v) is 0.180. The van der Waals surface area contributed by atoms with Gasteiger partial charge in [-0.05, 0) is 0 Å². The summed E-state index contributed by atoms with van der Waals surface area (Å²) in [7, 11) is 0. The average molecular weight is 331 g/mol. The monoisotopic (exact) mass is 331 g/mol. The molecule has 0 amide bonds. The van der Waals surface area contributed by atoms with Crippen molar-refractivity contribution in [3.8, 4) is 0 Å². The van der Waals surface area contributed by atoms with E-state index < -0.39 is 0 Å². The van der Waals surface area contributed by atoms with Gasteiger partial charge in [0.05, 0.1) is 0 Å². The minimum atomic E-state index is 0. The van der Waals surface area contributed by atoms with Crippen LogP contribution < -0.4 is 29.6 Å². The second-order valence-corrected chi connectivity index (χ2v) is 0.508. The van der Waals surface area contributed by atoms with Crippen LogP contribution in [0.3, 0.4) is 0 Å². The van der Waals surface area contributed by atoms with Gasteiger partial charge in [-0.25, -0.2) is 5.26 Å². The van der Waals surface area contributed by atoms with Crippen LogP contribution in [0.2, 0.25) is 0 Å². The molecule has 0 heterocycles. The second kappa shape index (κ2) is 67.8. The predicted octanol–water partition coefficient (Wildman–Crippen LogP) is -6.24. The first-order valence-electron chi connectivity index (χ1n) is 1.41. The van der Waals surface area contributed by atoms with Crippen LogP contribution in [0.25, 0.3) is 0 Å². The predicted molar refractivity (Wildman–Crippen MR) is 38.1 cm³/mol. The summed E-state index contributed by atoms with van der Waals surface area (Å²) in [6.45, 7) is 0. The van der Waals surface area contributed by atoms with E-state index in [-0.39, 0.29) is 93.5 Å². The molecule has 0 aliphatic heterocycles. The summed E-state index contributed by atoms with van der Waals surface area (Å²) in [6, 6.07) is 0. The van der Waals surface area contributed by atoms with E-state index in [0.29, 0.717) is 0 Å². The van der Waals surface area contributed by atoms with Crippen molar-refractivity contribution >= 4 is 96.0 Å². The van der Waals surface area contributed by atoms with Crippen molar-refractivity contribution in [2.45, 2.75) is 0 Å². The van der Waals surface area contributed by atoms with Gasteiger partial charge < -0.3 is 3.94 Å². The fourth-order valence-electron chi connectivity index (χ4n) is 0.0299. The molecule has 0 atom stereocenters. The fraction of sp³-hybridized carbons (Fsp3) is 0. The van der Waals surface area contributed by atoms with Crippen LogP contribution >= 0.6 is 0 Å². The van der Waals surface area contributed by atoms with Crippen LogP contribution in [0, 0.1) is 0 Å². The molecule has 0 aliphatic rings. The molecule has 14 heavy (non-hydrogen) atoms. The summed E-state index contributed by atoms with van der Waals surface area (Å²) in [5, 5.41) is 15.9.